The van der Waals surface area contributed by atoms with E-state index in [1.165, 1.54) is 6.08 Å². The number of benzene rings is 1. The lowest BCUT2D eigenvalue weighted by molar-refractivity contribution is -0.136. The Kier molecular flexibility index (Phi) is 7.42. The average Bonchev–Trinajstić information content (AvgIpc) is 3.60. The molecule has 0 bridgehead atoms. The first-order valence-corrected chi connectivity index (χ1v) is 12.1. The molecule has 4 rings (SSSR count). The highest BCUT2D eigenvalue weighted by Gasteiger charge is 2.36. The highest BCUT2D eigenvalue weighted by atomic mass is 35.5. The highest BCUT2D eigenvalue weighted by Crippen LogP contribution is 2.45. The van der Waals surface area contributed by atoms with E-state index in [4.69, 9.17) is 11.6 Å². The number of aryl methyl sites for hydroxylation is 1. The summed E-state index contributed by atoms with van der Waals surface area (Å²) in [5, 5.41) is 2.93. The summed E-state index contributed by atoms with van der Waals surface area (Å²) in [6.07, 6.45) is -0.374. The van der Waals surface area contributed by atoms with Crippen molar-refractivity contribution in [3.8, 4) is 0 Å². The molecule has 1 aromatic carbocycles. The number of alkyl halides is 3. The van der Waals surface area contributed by atoms with Gasteiger partial charge >= 0.3 is 6.18 Å². The van der Waals surface area contributed by atoms with Gasteiger partial charge in [0.2, 0.25) is 11.8 Å². The number of likely N-dealkylation sites (tertiary alicyclic amines) is 1. The molecule has 0 unspecified atom stereocenters. The first kappa shape index (κ1) is 24.9. The van der Waals surface area contributed by atoms with Gasteiger partial charge < -0.3 is 15.1 Å². The van der Waals surface area contributed by atoms with E-state index in [9.17, 15) is 22.8 Å². The van der Waals surface area contributed by atoms with Crippen LogP contribution in [0, 0.1) is 0 Å². The second-order valence-corrected chi connectivity index (χ2v) is 9.70. The molecule has 0 atom stereocenters. The van der Waals surface area contributed by atoms with Crippen molar-refractivity contribution in [2.45, 2.75) is 43.8 Å². The lowest BCUT2D eigenvalue weighted by atomic mass is 10.0. The first-order chi connectivity index (χ1) is 16.1. The molecule has 2 amide bonds. The Morgan fingerprint density at radius 2 is 1.79 bits per heavy atom. The quantitative estimate of drug-likeness (QED) is 0.556. The van der Waals surface area contributed by atoms with Crippen molar-refractivity contribution in [1.29, 1.82) is 0 Å². The Balaban J connectivity index is 1.30. The van der Waals surface area contributed by atoms with Crippen molar-refractivity contribution in [2.24, 2.45) is 0 Å². The van der Waals surface area contributed by atoms with Crippen molar-refractivity contribution in [3.05, 3.63) is 40.9 Å². The lowest BCUT2D eigenvalue weighted by Gasteiger charge is -2.47. The largest absolute Gasteiger partial charge is 0.405 e. The van der Waals surface area contributed by atoms with Gasteiger partial charge in [0.25, 0.3) is 0 Å². The van der Waals surface area contributed by atoms with Gasteiger partial charge in [-0.2, -0.15) is 13.2 Å². The van der Waals surface area contributed by atoms with Gasteiger partial charge in [0, 0.05) is 62.4 Å². The first-order valence-electron chi connectivity index (χ1n) is 11.7. The van der Waals surface area contributed by atoms with Crippen LogP contribution in [0.25, 0.3) is 0 Å². The predicted octanol–water partition coefficient (Wildman–Crippen LogP) is 3.67. The van der Waals surface area contributed by atoms with Gasteiger partial charge in [0.15, 0.2) is 0 Å². The second kappa shape index (κ2) is 10.2. The minimum absolute atomic E-state index is 0.00131. The molecule has 3 aliphatic rings. The molecule has 0 aromatic heterocycles. The fourth-order valence-corrected chi connectivity index (χ4v) is 4.96. The fraction of sp³-hybridized carbons (Fsp3) is 0.583. The number of hydrogen-bond donors (Lipinski definition) is 1. The number of rotatable bonds is 8. The molecule has 10 heteroatoms. The van der Waals surface area contributed by atoms with E-state index in [2.05, 4.69) is 16.8 Å². The molecule has 1 aromatic rings. The van der Waals surface area contributed by atoms with Crippen molar-refractivity contribution in [1.82, 2.24) is 14.7 Å². The van der Waals surface area contributed by atoms with E-state index in [0.29, 0.717) is 60.8 Å². The number of carbonyl (C=O) groups excluding carboxylic acids is 2. The molecule has 2 aliphatic heterocycles. The van der Waals surface area contributed by atoms with Crippen molar-refractivity contribution < 1.29 is 22.8 Å². The van der Waals surface area contributed by atoms with Crippen LogP contribution in [0.5, 0.6) is 0 Å². The lowest BCUT2D eigenvalue weighted by Crippen LogP contribution is -2.64. The summed E-state index contributed by atoms with van der Waals surface area (Å²) in [7, 11) is 0. The van der Waals surface area contributed by atoms with Crippen LogP contribution in [-0.4, -0.2) is 84.5 Å². The second-order valence-electron chi connectivity index (χ2n) is 9.29. The minimum atomic E-state index is -4.34. The summed E-state index contributed by atoms with van der Waals surface area (Å²) < 4.78 is 38.3. The molecule has 3 fully saturated rings. The van der Waals surface area contributed by atoms with E-state index >= 15 is 0 Å². The molecule has 186 valence electrons. The van der Waals surface area contributed by atoms with E-state index < -0.39 is 12.7 Å². The van der Waals surface area contributed by atoms with Crippen molar-refractivity contribution in [2.75, 3.05) is 51.1 Å². The van der Waals surface area contributed by atoms with Crippen LogP contribution >= 0.6 is 11.6 Å². The molecule has 34 heavy (non-hydrogen) atoms. The summed E-state index contributed by atoms with van der Waals surface area (Å²) >= 11 is 6.33. The van der Waals surface area contributed by atoms with Crippen LogP contribution in [0.15, 0.2) is 24.8 Å². The van der Waals surface area contributed by atoms with Gasteiger partial charge in [-0.1, -0.05) is 24.2 Å². The summed E-state index contributed by atoms with van der Waals surface area (Å²) in [4.78, 5) is 30.3. The van der Waals surface area contributed by atoms with Gasteiger partial charge in [0.05, 0.1) is 0 Å². The fourth-order valence-electron chi connectivity index (χ4n) is 4.64. The number of nitrogens with zero attached hydrogens (tertiary/aromatic N) is 3. The minimum Gasteiger partial charge on any atom is -0.376 e. The summed E-state index contributed by atoms with van der Waals surface area (Å²) in [6, 6.07) is 3.76. The SMILES string of the molecule is C=CC(=O)N1CC(N2CCN(C(=O)CCc3cc(C4CC4)c(Cl)cc3NCC(F)(F)F)CC2)C1. The zero-order valence-electron chi connectivity index (χ0n) is 19.0. The molecule has 1 aliphatic carbocycles. The number of nitrogens with one attached hydrogen (secondary N) is 1. The zero-order valence-corrected chi connectivity index (χ0v) is 19.8. The molecule has 1 N–H and O–H groups in total. The summed E-state index contributed by atoms with van der Waals surface area (Å²) in [5.41, 5.74) is 2.00. The molecule has 0 spiro atoms. The van der Waals surface area contributed by atoms with Crippen LogP contribution in [0.3, 0.4) is 0 Å². The smallest absolute Gasteiger partial charge is 0.376 e. The predicted molar refractivity (Wildman–Crippen MR) is 125 cm³/mol. The zero-order chi connectivity index (χ0) is 24.5. The van der Waals surface area contributed by atoms with Crippen LogP contribution in [0.2, 0.25) is 5.02 Å². The third-order valence-corrected chi connectivity index (χ3v) is 7.19. The molecule has 0 radical (unpaired) electrons. The molecule has 2 saturated heterocycles. The number of halogens is 4. The van der Waals surface area contributed by atoms with Crippen molar-refractivity contribution in [3.63, 3.8) is 0 Å². The van der Waals surface area contributed by atoms with E-state index in [-0.39, 0.29) is 18.2 Å². The van der Waals surface area contributed by atoms with E-state index in [0.717, 1.165) is 31.5 Å². The van der Waals surface area contributed by atoms with Crippen LogP contribution < -0.4 is 5.32 Å². The summed E-state index contributed by atoms with van der Waals surface area (Å²) in [5.74, 6) is 0.304. The Bertz CT molecular complexity index is 937. The number of hydrogen-bond acceptors (Lipinski definition) is 4. The van der Waals surface area contributed by atoms with Crippen LogP contribution in [0.1, 0.15) is 36.3 Å². The Labute approximate surface area is 202 Å². The molecule has 6 nitrogen and oxygen atoms in total. The monoisotopic (exact) mass is 498 g/mol. The maximum absolute atomic E-state index is 12.9. The standard InChI is InChI=1S/C24H30ClF3N4O2/c1-2-22(33)32-13-18(14-32)30-7-9-31(10-8-30)23(34)6-5-17-11-19(16-3-4-16)20(25)12-21(17)29-15-24(26,27)28/h2,11-12,16,18,29H,1,3-10,13-15H2. The highest BCUT2D eigenvalue weighted by molar-refractivity contribution is 6.31. The average molecular weight is 499 g/mol. The van der Waals surface area contributed by atoms with Crippen LogP contribution in [0.4, 0.5) is 18.9 Å². The molecule has 2 heterocycles. The Hall–Kier alpha value is -2.26. The normalized spacial score (nSPS) is 19.6. The van der Waals surface area contributed by atoms with Crippen LogP contribution in [-0.2, 0) is 16.0 Å². The number of carbonyl (C=O) groups is 2. The molecular weight excluding hydrogens is 469 g/mol. The number of piperazine rings is 1. The topological polar surface area (TPSA) is 55.9 Å². The van der Waals surface area contributed by atoms with E-state index in [1.54, 1.807) is 11.0 Å². The van der Waals surface area contributed by atoms with E-state index in [1.807, 2.05) is 11.0 Å². The third kappa shape index (κ3) is 6.05. The van der Waals surface area contributed by atoms with Gasteiger partial charge in [0.1, 0.15) is 6.54 Å². The van der Waals surface area contributed by atoms with Gasteiger partial charge in [-0.3, -0.25) is 14.5 Å². The van der Waals surface area contributed by atoms with Gasteiger partial charge in [-0.15, -0.1) is 0 Å². The van der Waals surface area contributed by atoms with Gasteiger partial charge in [-0.25, -0.2) is 0 Å². The third-order valence-electron chi connectivity index (χ3n) is 6.86. The Morgan fingerprint density at radius 1 is 1.12 bits per heavy atom. The maximum Gasteiger partial charge on any atom is 0.405 e. The number of amides is 2. The molecular formula is C24H30ClF3N4O2. The maximum atomic E-state index is 12.9. The molecule has 1 saturated carbocycles. The number of anilines is 1. The Morgan fingerprint density at radius 3 is 2.38 bits per heavy atom. The summed E-state index contributed by atoms with van der Waals surface area (Å²) in [6.45, 7) is 6.45. The van der Waals surface area contributed by atoms with Crippen molar-refractivity contribution >= 4 is 29.1 Å². The van der Waals surface area contributed by atoms with Gasteiger partial charge in [-0.05, 0) is 48.4 Å².